The Morgan fingerprint density at radius 2 is 1.72 bits per heavy atom. The average Bonchev–Trinajstić information content (AvgIpc) is 2.93. The van der Waals surface area contributed by atoms with Crippen molar-refractivity contribution >= 4 is 20.4 Å². The molecule has 127 valence electrons. The first-order valence-electron chi connectivity index (χ1n) is 8.26. The molecule has 0 unspecified atom stereocenters. The lowest BCUT2D eigenvalue weighted by atomic mass is 10.1. The molecule has 0 aliphatic heterocycles. The van der Waals surface area contributed by atoms with Gasteiger partial charge >= 0.3 is 0 Å². The smallest absolute Gasteiger partial charge is 0.274 e. The van der Waals surface area contributed by atoms with Gasteiger partial charge in [0.1, 0.15) is 23.0 Å². The quantitative estimate of drug-likeness (QED) is 0.502. The van der Waals surface area contributed by atoms with Gasteiger partial charge in [-0.05, 0) is 32.2 Å². The second-order valence-electron chi connectivity index (χ2n) is 6.09. The summed E-state index contributed by atoms with van der Waals surface area (Å²) in [5.74, 6) is 1.78. The van der Waals surface area contributed by atoms with Crippen molar-refractivity contribution in [2.45, 2.75) is 20.0 Å². The number of hydrogen-bond acceptors (Lipinski definition) is 3. The van der Waals surface area contributed by atoms with Gasteiger partial charge < -0.3 is 8.99 Å². The van der Waals surface area contributed by atoms with Crippen LogP contribution in [0.2, 0.25) is 13.1 Å². The minimum absolute atomic E-state index is 0.822. The van der Waals surface area contributed by atoms with Crippen molar-refractivity contribution in [3.8, 4) is 5.75 Å². The summed E-state index contributed by atoms with van der Waals surface area (Å²) >= 11 is 0. The van der Waals surface area contributed by atoms with Crippen molar-refractivity contribution < 1.29 is 4.43 Å². The summed E-state index contributed by atoms with van der Waals surface area (Å²) in [5.41, 5.74) is 3.57. The predicted octanol–water partition coefficient (Wildman–Crippen LogP) is 4.53. The van der Waals surface area contributed by atoms with Crippen LogP contribution in [0.15, 0.2) is 65.8 Å². The summed E-state index contributed by atoms with van der Waals surface area (Å²) in [6, 6.07) is 18.1. The van der Waals surface area contributed by atoms with Crippen molar-refractivity contribution in [3.05, 3.63) is 77.9 Å². The molecule has 4 nitrogen and oxygen atoms in total. The molecule has 2 aromatic carbocycles. The molecule has 0 aliphatic rings. The summed E-state index contributed by atoms with van der Waals surface area (Å²) in [4.78, 5) is 9.61. The third-order valence-corrected chi connectivity index (χ3v) is 4.44. The second kappa shape index (κ2) is 7.48. The fourth-order valence-corrected chi connectivity index (χ4v) is 3.13. The van der Waals surface area contributed by atoms with E-state index in [-0.39, 0.29) is 0 Å². The average molecular weight is 349 g/mol. The van der Waals surface area contributed by atoms with Crippen LogP contribution in [0.4, 0.5) is 5.69 Å². The second-order valence-corrected chi connectivity index (χ2v) is 8.11. The Bertz CT molecular complexity index is 865. The Kier molecular flexibility index (Phi) is 5.14. The molecule has 3 rings (SSSR count). The van der Waals surface area contributed by atoms with Gasteiger partial charge in [-0.3, -0.25) is 0 Å². The van der Waals surface area contributed by atoms with E-state index in [1.807, 2.05) is 67.2 Å². The lowest BCUT2D eigenvalue weighted by Gasteiger charge is -2.12. The fourth-order valence-electron chi connectivity index (χ4n) is 2.51. The van der Waals surface area contributed by atoms with Crippen LogP contribution in [-0.4, -0.2) is 24.3 Å². The van der Waals surface area contributed by atoms with Crippen LogP contribution < -0.4 is 4.43 Å². The van der Waals surface area contributed by atoms with Gasteiger partial charge in [0.2, 0.25) is 0 Å². The molecule has 1 aromatic heterocycles. The third-order valence-electron chi connectivity index (χ3n) is 3.81. The van der Waals surface area contributed by atoms with Crippen molar-refractivity contribution in [3.63, 3.8) is 0 Å². The minimum Gasteiger partial charge on any atom is -0.541 e. The SMILES string of the molecule is Cc1nc(C(=Nc2ccccc2O[Si](C)C)c2ccccc2)cn1C. The maximum Gasteiger partial charge on any atom is 0.274 e. The number of para-hydroxylation sites is 2. The first kappa shape index (κ1) is 17.2. The van der Waals surface area contributed by atoms with Gasteiger partial charge in [0.15, 0.2) is 0 Å². The Morgan fingerprint density at radius 3 is 2.36 bits per heavy atom. The van der Waals surface area contributed by atoms with E-state index in [0.717, 1.165) is 34.2 Å². The van der Waals surface area contributed by atoms with E-state index >= 15 is 0 Å². The van der Waals surface area contributed by atoms with Crippen LogP contribution in [0.1, 0.15) is 17.1 Å². The first-order valence-corrected chi connectivity index (χ1v) is 10.7. The van der Waals surface area contributed by atoms with Crippen LogP contribution in [0, 0.1) is 6.92 Å². The molecule has 0 aliphatic carbocycles. The van der Waals surface area contributed by atoms with Crippen molar-refractivity contribution in [2.24, 2.45) is 12.0 Å². The zero-order valence-corrected chi connectivity index (χ0v) is 16.0. The number of benzene rings is 2. The fraction of sp³-hybridized carbons (Fsp3) is 0.200. The molecule has 3 aromatic rings. The standard InChI is InChI=1S/C20H22N3OSi/c1-15-21-18(14-23(15)2)20(16-10-6-5-7-11-16)22-17-12-8-9-13-19(17)24-25(3)4/h5-14H,1-4H3. The highest BCUT2D eigenvalue weighted by atomic mass is 28.3. The largest absolute Gasteiger partial charge is 0.541 e. The number of rotatable bonds is 5. The van der Waals surface area contributed by atoms with Gasteiger partial charge in [-0.1, -0.05) is 42.5 Å². The van der Waals surface area contributed by atoms with E-state index in [0.29, 0.717) is 0 Å². The Labute approximate surface area is 150 Å². The van der Waals surface area contributed by atoms with E-state index in [4.69, 9.17) is 9.42 Å². The highest BCUT2D eigenvalue weighted by Crippen LogP contribution is 2.29. The number of hydrogen-bond donors (Lipinski definition) is 0. The number of aryl methyl sites for hydroxylation is 2. The topological polar surface area (TPSA) is 39.4 Å². The molecule has 0 bridgehead atoms. The van der Waals surface area contributed by atoms with E-state index in [2.05, 4.69) is 30.2 Å². The summed E-state index contributed by atoms with van der Waals surface area (Å²) in [6.07, 6.45) is 2.01. The van der Waals surface area contributed by atoms with Crippen LogP contribution in [0.25, 0.3) is 0 Å². The maximum absolute atomic E-state index is 6.02. The predicted molar refractivity (Wildman–Crippen MR) is 104 cm³/mol. The van der Waals surface area contributed by atoms with Gasteiger partial charge in [-0.25, -0.2) is 9.98 Å². The van der Waals surface area contributed by atoms with E-state index in [1.165, 1.54) is 0 Å². The molecule has 1 heterocycles. The summed E-state index contributed by atoms with van der Waals surface area (Å²) in [6.45, 7) is 6.22. The normalized spacial score (nSPS) is 11.8. The molecule has 0 saturated carbocycles. The van der Waals surface area contributed by atoms with Crippen molar-refractivity contribution in [1.82, 2.24) is 9.55 Å². The molecule has 0 amide bonds. The molecule has 0 saturated heterocycles. The van der Waals surface area contributed by atoms with Crippen LogP contribution in [-0.2, 0) is 7.05 Å². The van der Waals surface area contributed by atoms with Crippen molar-refractivity contribution in [1.29, 1.82) is 0 Å². The van der Waals surface area contributed by atoms with Crippen molar-refractivity contribution in [2.75, 3.05) is 0 Å². The lowest BCUT2D eigenvalue weighted by molar-refractivity contribution is 0.582. The van der Waals surface area contributed by atoms with Gasteiger partial charge in [-0.15, -0.1) is 0 Å². The van der Waals surface area contributed by atoms with Crippen LogP contribution >= 0.6 is 0 Å². The van der Waals surface area contributed by atoms with E-state index in [1.54, 1.807) is 0 Å². The van der Waals surface area contributed by atoms with Gasteiger partial charge in [-0.2, -0.15) is 0 Å². The Hall–Kier alpha value is -2.66. The molecule has 0 fully saturated rings. The summed E-state index contributed by atoms with van der Waals surface area (Å²) in [7, 11) is 1.13. The van der Waals surface area contributed by atoms with Gasteiger partial charge in [0, 0.05) is 18.8 Å². The molecule has 1 radical (unpaired) electrons. The number of aromatic nitrogens is 2. The third kappa shape index (κ3) is 4.06. The Balaban J connectivity index is 2.14. The molecule has 0 N–H and O–H groups in total. The number of imidazole rings is 1. The monoisotopic (exact) mass is 348 g/mol. The zero-order valence-electron chi connectivity index (χ0n) is 15.0. The molecular formula is C20H22N3OSi. The highest BCUT2D eigenvalue weighted by molar-refractivity contribution is 6.49. The molecule has 25 heavy (non-hydrogen) atoms. The van der Waals surface area contributed by atoms with E-state index in [9.17, 15) is 0 Å². The zero-order chi connectivity index (χ0) is 17.8. The number of nitrogens with zero attached hydrogens (tertiary/aromatic N) is 3. The molecular weight excluding hydrogens is 326 g/mol. The lowest BCUT2D eigenvalue weighted by Crippen LogP contribution is -2.11. The molecule has 5 heteroatoms. The molecule has 0 spiro atoms. The van der Waals surface area contributed by atoms with Gasteiger partial charge in [0.25, 0.3) is 9.04 Å². The van der Waals surface area contributed by atoms with E-state index < -0.39 is 9.04 Å². The van der Waals surface area contributed by atoms with Crippen LogP contribution in [0.3, 0.4) is 0 Å². The Morgan fingerprint density at radius 1 is 1.04 bits per heavy atom. The minimum atomic E-state index is -0.864. The summed E-state index contributed by atoms with van der Waals surface area (Å²) in [5, 5.41) is 0. The molecule has 0 atom stereocenters. The number of aliphatic imine (C=N–C) groups is 1. The van der Waals surface area contributed by atoms with Gasteiger partial charge in [0.05, 0.1) is 5.71 Å². The summed E-state index contributed by atoms with van der Waals surface area (Å²) < 4.78 is 8.03. The maximum atomic E-state index is 6.02. The highest BCUT2D eigenvalue weighted by Gasteiger charge is 2.14. The van der Waals surface area contributed by atoms with Crippen LogP contribution in [0.5, 0.6) is 5.75 Å². The first-order chi connectivity index (χ1) is 12.0.